The van der Waals surface area contributed by atoms with Crippen molar-refractivity contribution in [3.05, 3.63) is 30.1 Å². The second-order valence-corrected chi connectivity index (χ2v) is 5.26. The van der Waals surface area contributed by atoms with Crippen LogP contribution >= 0.6 is 24.0 Å². The highest BCUT2D eigenvalue weighted by Gasteiger charge is 2.06. The summed E-state index contributed by atoms with van der Waals surface area (Å²) in [5, 5.41) is 16.5. The number of aromatic nitrogens is 1. The van der Waals surface area contributed by atoms with E-state index in [0.29, 0.717) is 12.5 Å². The van der Waals surface area contributed by atoms with E-state index in [1.807, 2.05) is 6.92 Å². The Morgan fingerprint density at radius 3 is 2.58 bits per heavy atom. The van der Waals surface area contributed by atoms with Crippen LogP contribution in [0.2, 0.25) is 0 Å². The first-order valence-corrected chi connectivity index (χ1v) is 8.45. The zero-order valence-electron chi connectivity index (χ0n) is 14.7. The molecule has 0 aromatic carbocycles. The highest BCUT2D eigenvalue weighted by Crippen LogP contribution is 2.10. The molecule has 0 aliphatic heterocycles. The molecule has 1 unspecified atom stereocenters. The molecule has 0 fully saturated rings. The molecule has 138 valence electrons. The third-order valence-electron chi connectivity index (χ3n) is 3.26. The van der Waals surface area contributed by atoms with Gasteiger partial charge in [0.2, 0.25) is 0 Å². The van der Waals surface area contributed by atoms with Crippen molar-refractivity contribution in [3.8, 4) is 0 Å². The maximum Gasteiger partial charge on any atom is 0.191 e. The topological polar surface area (TPSA) is 78.8 Å². The van der Waals surface area contributed by atoms with Crippen LogP contribution in [0.3, 0.4) is 0 Å². The fourth-order valence-electron chi connectivity index (χ4n) is 1.94. The molecule has 1 aromatic heterocycles. The molecule has 0 bridgehead atoms. The maximum absolute atomic E-state index is 10.1. The van der Waals surface area contributed by atoms with Crippen LogP contribution in [0.4, 0.5) is 0 Å². The minimum absolute atomic E-state index is 0. The van der Waals surface area contributed by atoms with Gasteiger partial charge < -0.3 is 20.5 Å². The Hall–Kier alpha value is -0.930. The molecule has 6 nitrogen and oxygen atoms in total. The number of aliphatic imine (C=N–C) groups is 1. The van der Waals surface area contributed by atoms with Gasteiger partial charge in [-0.05, 0) is 37.5 Å². The molecular formula is C17H31IN4O2. The minimum atomic E-state index is -0.620. The number of nitrogens with one attached hydrogen (secondary N) is 2. The number of pyridine rings is 1. The maximum atomic E-state index is 10.1. The molecule has 1 atom stereocenters. The Balaban J connectivity index is 0.00000529. The van der Waals surface area contributed by atoms with Gasteiger partial charge in [-0.1, -0.05) is 13.3 Å². The fourth-order valence-corrected chi connectivity index (χ4v) is 1.94. The largest absolute Gasteiger partial charge is 0.386 e. The van der Waals surface area contributed by atoms with Crippen molar-refractivity contribution in [2.24, 2.45) is 4.99 Å². The van der Waals surface area contributed by atoms with Gasteiger partial charge in [0.05, 0.1) is 12.6 Å². The quantitative estimate of drug-likeness (QED) is 0.209. The van der Waals surface area contributed by atoms with Gasteiger partial charge in [0.1, 0.15) is 0 Å². The first-order valence-electron chi connectivity index (χ1n) is 8.45. The molecular weight excluding hydrogens is 419 g/mol. The lowest BCUT2D eigenvalue weighted by molar-refractivity contribution is 0.129. The van der Waals surface area contributed by atoms with E-state index in [2.05, 4.69) is 27.5 Å². The standard InChI is InChI=1S/C17H30N4O2.HI/c1-3-5-12-23-13-6-9-20-17(19-4-2)21-14-16(22)15-7-10-18-11-8-15;/h7-8,10-11,16,22H,3-6,9,12-14H2,1-2H3,(H2,19,20,21);1H. The summed E-state index contributed by atoms with van der Waals surface area (Å²) < 4.78 is 5.53. The lowest BCUT2D eigenvalue weighted by Gasteiger charge is -2.13. The van der Waals surface area contributed by atoms with Crippen LogP contribution in [-0.4, -0.2) is 48.9 Å². The zero-order chi connectivity index (χ0) is 16.8. The first kappa shape index (κ1) is 23.1. The van der Waals surface area contributed by atoms with Crippen molar-refractivity contribution in [3.63, 3.8) is 0 Å². The van der Waals surface area contributed by atoms with Crippen LogP contribution in [0.15, 0.2) is 29.5 Å². The summed E-state index contributed by atoms with van der Waals surface area (Å²) in [5.74, 6) is 0.717. The SMILES string of the molecule is CCCCOCCCNC(=NCC(O)c1ccncc1)NCC.I. The van der Waals surface area contributed by atoms with E-state index in [0.717, 1.165) is 51.1 Å². The van der Waals surface area contributed by atoms with Gasteiger partial charge in [-0.15, -0.1) is 24.0 Å². The zero-order valence-corrected chi connectivity index (χ0v) is 17.0. The van der Waals surface area contributed by atoms with Gasteiger partial charge in [-0.25, -0.2) is 0 Å². The predicted octanol–water partition coefficient (Wildman–Crippen LogP) is 2.49. The average Bonchev–Trinajstić information content (AvgIpc) is 2.59. The molecule has 0 spiro atoms. The van der Waals surface area contributed by atoms with Crippen molar-refractivity contribution in [2.45, 2.75) is 39.2 Å². The highest BCUT2D eigenvalue weighted by atomic mass is 127. The van der Waals surface area contributed by atoms with Crippen LogP contribution < -0.4 is 10.6 Å². The molecule has 24 heavy (non-hydrogen) atoms. The lowest BCUT2D eigenvalue weighted by atomic mass is 10.1. The smallest absolute Gasteiger partial charge is 0.191 e. The number of halogens is 1. The summed E-state index contributed by atoms with van der Waals surface area (Å²) in [4.78, 5) is 8.37. The molecule has 0 saturated carbocycles. The summed E-state index contributed by atoms with van der Waals surface area (Å²) in [6.07, 6.45) is 5.93. The molecule has 0 aliphatic carbocycles. The number of hydrogen-bond donors (Lipinski definition) is 3. The van der Waals surface area contributed by atoms with Crippen molar-refractivity contribution in [1.29, 1.82) is 0 Å². The van der Waals surface area contributed by atoms with Gasteiger partial charge in [0, 0.05) is 38.7 Å². The molecule has 0 aliphatic rings. The van der Waals surface area contributed by atoms with Crippen LogP contribution in [0.25, 0.3) is 0 Å². The van der Waals surface area contributed by atoms with Gasteiger partial charge in [-0.3, -0.25) is 9.98 Å². The minimum Gasteiger partial charge on any atom is -0.386 e. The summed E-state index contributed by atoms with van der Waals surface area (Å²) >= 11 is 0. The Morgan fingerprint density at radius 2 is 1.92 bits per heavy atom. The molecule has 0 amide bonds. The Morgan fingerprint density at radius 1 is 1.21 bits per heavy atom. The van der Waals surface area contributed by atoms with Gasteiger partial charge >= 0.3 is 0 Å². The number of aliphatic hydroxyl groups excluding tert-OH is 1. The van der Waals surface area contributed by atoms with Crippen molar-refractivity contribution >= 4 is 29.9 Å². The molecule has 7 heteroatoms. The van der Waals surface area contributed by atoms with Crippen LogP contribution in [0.1, 0.15) is 44.8 Å². The molecule has 1 heterocycles. The average molecular weight is 450 g/mol. The third kappa shape index (κ3) is 10.8. The van der Waals surface area contributed by atoms with Crippen molar-refractivity contribution in [2.75, 3.05) is 32.8 Å². The van der Waals surface area contributed by atoms with E-state index < -0.39 is 6.10 Å². The summed E-state index contributed by atoms with van der Waals surface area (Å²) in [6.45, 7) is 7.66. The van der Waals surface area contributed by atoms with E-state index in [1.165, 1.54) is 0 Å². The van der Waals surface area contributed by atoms with Gasteiger partial charge in [0.25, 0.3) is 0 Å². The molecule has 0 radical (unpaired) electrons. The second-order valence-electron chi connectivity index (χ2n) is 5.26. The lowest BCUT2D eigenvalue weighted by Crippen LogP contribution is -2.38. The summed E-state index contributed by atoms with van der Waals surface area (Å²) in [5.41, 5.74) is 0.823. The predicted molar refractivity (Wildman–Crippen MR) is 109 cm³/mol. The van der Waals surface area contributed by atoms with Gasteiger partial charge in [-0.2, -0.15) is 0 Å². The summed E-state index contributed by atoms with van der Waals surface area (Å²) in [7, 11) is 0. The van der Waals surface area contributed by atoms with E-state index >= 15 is 0 Å². The Bertz CT molecular complexity index is 432. The number of aliphatic hydroxyl groups is 1. The monoisotopic (exact) mass is 450 g/mol. The molecule has 1 rings (SSSR count). The number of ether oxygens (including phenoxy) is 1. The number of guanidine groups is 1. The number of hydrogen-bond acceptors (Lipinski definition) is 4. The number of unbranched alkanes of at least 4 members (excludes halogenated alkanes) is 1. The fraction of sp³-hybridized carbons (Fsp3) is 0.647. The normalized spacial score (nSPS) is 12.4. The van der Waals surface area contributed by atoms with Gasteiger partial charge in [0.15, 0.2) is 5.96 Å². The van der Waals surface area contributed by atoms with E-state index in [4.69, 9.17) is 4.74 Å². The molecule has 3 N–H and O–H groups in total. The Labute approximate surface area is 162 Å². The molecule has 0 saturated heterocycles. The number of nitrogens with zero attached hydrogens (tertiary/aromatic N) is 2. The van der Waals surface area contributed by atoms with E-state index in [1.54, 1.807) is 24.5 Å². The first-order chi connectivity index (χ1) is 11.3. The van der Waals surface area contributed by atoms with Crippen molar-refractivity contribution < 1.29 is 9.84 Å². The third-order valence-corrected chi connectivity index (χ3v) is 3.26. The Kier molecular flexibility index (Phi) is 15.0. The van der Waals surface area contributed by atoms with Crippen LogP contribution in [-0.2, 0) is 4.74 Å². The molecule has 1 aromatic rings. The van der Waals surface area contributed by atoms with Crippen LogP contribution in [0.5, 0.6) is 0 Å². The van der Waals surface area contributed by atoms with E-state index in [-0.39, 0.29) is 24.0 Å². The number of rotatable bonds is 11. The highest BCUT2D eigenvalue weighted by molar-refractivity contribution is 14.0. The summed E-state index contributed by atoms with van der Waals surface area (Å²) in [6, 6.07) is 3.60. The van der Waals surface area contributed by atoms with Crippen LogP contribution in [0, 0.1) is 0 Å². The van der Waals surface area contributed by atoms with Crippen molar-refractivity contribution in [1.82, 2.24) is 15.6 Å². The second kappa shape index (κ2) is 15.6. The van der Waals surface area contributed by atoms with E-state index in [9.17, 15) is 5.11 Å².